The third-order valence-electron chi connectivity index (χ3n) is 5.32. The van der Waals surface area contributed by atoms with Gasteiger partial charge in [0.2, 0.25) is 0 Å². The van der Waals surface area contributed by atoms with E-state index in [-0.39, 0.29) is 11.8 Å². The molecular weight excluding hydrogens is 390 g/mol. The van der Waals surface area contributed by atoms with Crippen molar-refractivity contribution in [3.8, 4) is 5.69 Å². The Bertz CT molecular complexity index is 1250. The first kappa shape index (κ1) is 18.7. The van der Waals surface area contributed by atoms with E-state index >= 15 is 0 Å². The topological polar surface area (TPSA) is 80.1 Å². The molecule has 0 atom stereocenters. The van der Waals surface area contributed by atoms with Crippen molar-refractivity contribution < 1.29 is 9.59 Å². The normalized spacial score (nSPS) is 12.5. The number of hydrogen-bond donors (Lipinski definition) is 1. The quantitative estimate of drug-likeness (QED) is 0.557. The molecule has 7 nitrogen and oxygen atoms in total. The molecule has 0 spiro atoms. The lowest BCUT2D eigenvalue weighted by atomic mass is 10.1. The maximum absolute atomic E-state index is 12.9. The summed E-state index contributed by atoms with van der Waals surface area (Å²) in [6.07, 6.45) is 4.16. The first-order chi connectivity index (χ1) is 15.2. The van der Waals surface area contributed by atoms with Crippen LogP contribution >= 0.6 is 0 Å². The van der Waals surface area contributed by atoms with Crippen LogP contribution in [0.15, 0.2) is 85.2 Å². The second-order valence-electron chi connectivity index (χ2n) is 7.26. The first-order valence-electron chi connectivity index (χ1n) is 9.97. The summed E-state index contributed by atoms with van der Waals surface area (Å²) >= 11 is 0. The van der Waals surface area contributed by atoms with E-state index in [9.17, 15) is 9.59 Å². The average Bonchev–Trinajstić information content (AvgIpc) is 3.50. The molecule has 0 fully saturated rings. The highest BCUT2D eigenvalue weighted by molar-refractivity contribution is 6.08. The van der Waals surface area contributed by atoms with E-state index in [1.807, 2.05) is 24.3 Å². The Labute approximate surface area is 178 Å². The van der Waals surface area contributed by atoms with Crippen LogP contribution in [0.5, 0.6) is 0 Å². The van der Waals surface area contributed by atoms with Crippen LogP contribution in [0.25, 0.3) is 5.69 Å². The van der Waals surface area contributed by atoms with E-state index in [0.29, 0.717) is 23.4 Å². The van der Waals surface area contributed by atoms with Crippen LogP contribution in [0.3, 0.4) is 0 Å². The minimum absolute atomic E-state index is 0.0386. The monoisotopic (exact) mass is 409 g/mol. The van der Waals surface area contributed by atoms with E-state index < -0.39 is 0 Å². The van der Waals surface area contributed by atoms with Crippen LogP contribution in [-0.4, -0.2) is 33.4 Å². The fourth-order valence-electron chi connectivity index (χ4n) is 3.74. The number of aromatic nitrogens is 3. The fourth-order valence-corrected chi connectivity index (χ4v) is 3.74. The highest BCUT2D eigenvalue weighted by Crippen LogP contribution is 2.29. The highest BCUT2D eigenvalue weighted by atomic mass is 16.2. The van der Waals surface area contributed by atoms with Crippen molar-refractivity contribution in [2.75, 3.05) is 16.8 Å². The molecule has 7 heteroatoms. The number of fused-ring (bicyclic) bond motifs is 1. The molecule has 31 heavy (non-hydrogen) atoms. The van der Waals surface area contributed by atoms with Crippen LogP contribution in [0.4, 0.5) is 11.4 Å². The third kappa shape index (κ3) is 3.69. The van der Waals surface area contributed by atoms with Gasteiger partial charge in [-0.2, -0.15) is 0 Å². The van der Waals surface area contributed by atoms with Gasteiger partial charge in [-0.15, -0.1) is 5.10 Å². The lowest BCUT2D eigenvalue weighted by Crippen LogP contribution is -2.28. The van der Waals surface area contributed by atoms with Gasteiger partial charge >= 0.3 is 0 Å². The molecule has 0 saturated heterocycles. The predicted octanol–water partition coefficient (Wildman–Crippen LogP) is 3.72. The van der Waals surface area contributed by atoms with Crippen LogP contribution in [0, 0.1) is 0 Å². The van der Waals surface area contributed by atoms with Gasteiger partial charge in [-0.25, -0.2) is 4.68 Å². The molecule has 0 radical (unpaired) electrons. The molecule has 1 aliphatic heterocycles. The Balaban J connectivity index is 1.29. The molecule has 0 bridgehead atoms. The van der Waals surface area contributed by atoms with Crippen molar-refractivity contribution in [2.45, 2.75) is 6.42 Å². The zero-order valence-corrected chi connectivity index (χ0v) is 16.6. The Morgan fingerprint density at radius 3 is 2.55 bits per heavy atom. The zero-order chi connectivity index (χ0) is 21.2. The Morgan fingerprint density at radius 2 is 1.74 bits per heavy atom. The van der Waals surface area contributed by atoms with E-state index in [2.05, 4.69) is 21.7 Å². The summed E-state index contributed by atoms with van der Waals surface area (Å²) in [6.45, 7) is 0.679. The number of anilines is 2. The van der Waals surface area contributed by atoms with Crippen molar-refractivity contribution in [2.24, 2.45) is 0 Å². The van der Waals surface area contributed by atoms with Gasteiger partial charge in [0, 0.05) is 29.0 Å². The number of carbonyl (C=O) groups is 2. The van der Waals surface area contributed by atoms with Crippen molar-refractivity contribution in [1.82, 2.24) is 15.0 Å². The Kier molecular flexibility index (Phi) is 4.76. The second-order valence-corrected chi connectivity index (χ2v) is 7.26. The summed E-state index contributed by atoms with van der Waals surface area (Å²) in [5.41, 5.74) is 4.61. The molecule has 0 unspecified atom stereocenters. The highest BCUT2D eigenvalue weighted by Gasteiger charge is 2.25. The maximum atomic E-state index is 12.9. The van der Waals surface area contributed by atoms with Gasteiger partial charge in [-0.1, -0.05) is 29.5 Å². The van der Waals surface area contributed by atoms with Gasteiger partial charge < -0.3 is 10.2 Å². The van der Waals surface area contributed by atoms with Crippen LogP contribution in [-0.2, 0) is 6.42 Å². The summed E-state index contributed by atoms with van der Waals surface area (Å²) in [7, 11) is 0. The predicted molar refractivity (Wildman–Crippen MR) is 118 cm³/mol. The largest absolute Gasteiger partial charge is 0.322 e. The SMILES string of the molecule is O=C(Nc1ccc(C(=O)N2CCc3ccccc32)cc1)c1cccc(-n2ccnn2)c1. The van der Waals surface area contributed by atoms with Gasteiger partial charge in [-0.05, 0) is 60.5 Å². The van der Waals surface area contributed by atoms with Gasteiger partial charge in [0.1, 0.15) is 0 Å². The minimum Gasteiger partial charge on any atom is -0.322 e. The number of rotatable bonds is 4. The number of benzene rings is 3. The van der Waals surface area contributed by atoms with E-state index in [1.54, 1.807) is 64.4 Å². The number of amides is 2. The lowest BCUT2D eigenvalue weighted by molar-refractivity contribution is 0.0988. The Hall–Kier alpha value is -4.26. The summed E-state index contributed by atoms with van der Waals surface area (Å²) in [4.78, 5) is 27.4. The van der Waals surface area contributed by atoms with Crippen LogP contribution in [0.1, 0.15) is 26.3 Å². The van der Waals surface area contributed by atoms with E-state index in [4.69, 9.17) is 0 Å². The summed E-state index contributed by atoms with van der Waals surface area (Å²) in [5.74, 6) is -0.280. The van der Waals surface area contributed by atoms with Crippen LogP contribution < -0.4 is 10.2 Å². The van der Waals surface area contributed by atoms with Crippen molar-refractivity contribution >= 4 is 23.2 Å². The van der Waals surface area contributed by atoms with Gasteiger partial charge in [0.05, 0.1) is 18.1 Å². The third-order valence-corrected chi connectivity index (χ3v) is 5.32. The molecule has 0 aliphatic carbocycles. The van der Waals surface area contributed by atoms with Gasteiger partial charge in [0.15, 0.2) is 0 Å². The molecule has 2 heterocycles. The second kappa shape index (κ2) is 7.87. The minimum atomic E-state index is -0.241. The van der Waals surface area contributed by atoms with Crippen LogP contribution in [0.2, 0.25) is 0 Å². The Morgan fingerprint density at radius 1 is 0.903 bits per heavy atom. The first-order valence-corrected chi connectivity index (χ1v) is 9.97. The molecule has 5 rings (SSSR count). The van der Waals surface area contributed by atoms with E-state index in [1.165, 1.54) is 5.56 Å². The van der Waals surface area contributed by atoms with Gasteiger partial charge in [-0.3, -0.25) is 9.59 Å². The average molecular weight is 409 g/mol. The summed E-state index contributed by atoms with van der Waals surface area (Å²) in [5, 5.41) is 10.6. The van der Waals surface area contributed by atoms with Crippen molar-refractivity contribution in [3.63, 3.8) is 0 Å². The fraction of sp³-hybridized carbons (Fsp3) is 0.0833. The maximum Gasteiger partial charge on any atom is 0.258 e. The number of nitrogens with one attached hydrogen (secondary N) is 1. The molecule has 0 saturated carbocycles. The number of para-hydroxylation sites is 1. The number of nitrogens with zero attached hydrogens (tertiary/aromatic N) is 4. The standard InChI is InChI=1S/C24H19N5O2/c30-23(19-5-3-6-21(16-19)29-15-13-25-27-29)26-20-10-8-18(9-11-20)24(31)28-14-12-17-4-1-2-7-22(17)28/h1-11,13,15-16H,12,14H2,(H,26,30). The smallest absolute Gasteiger partial charge is 0.258 e. The summed E-state index contributed by atoms with van der Waals surface area (Å²) in [6, 6.07) is 22.1. The molecule has 2 amide bonds. The molecule has 152 valence electrons. The molecule has 1 aromatic heterocycles. The number of hydrogen-bond acceptors (Lipinski definition) is 4. The zero-order valence-electron chi connectivity index (χ0n) is 16.6. The molecule has 1 aliphatic rings. The van der Waals surface area contributed by atoms with E-state index in [0.717, 1.165) is 17.8 Å². The van der Waals surface area contributed by atoms with Gasteiger partial charge in [0.25, 0.3) is 11.8 Å². The molecule has 1 N–H and O–H groups in total. The molecule has 3 aromatic carbocycles. The number of carbonyl (C=O) groups excluding carboxylic acids is 2. The lowest BCUT2D eigenvalue weighted by Gasteiger charge is -2.17. The van der Waals surface area contributed by atoms with Crippen molar-refractivity contribution in [3.05, 3.63) is 102 Å². The van der Waals surface area contributed by atoms with Crippen molar-refractivity contribution in [1.29, 1.82) is 0 Å². The molecular formula is C24H19N5O2. The molecule has 4 aromatic rings. The summed E-state index contributed by atoms with van der Waals surface area (Å²) < 4.78 is 1.59.